The molecular weight excluding hydrogens is 248 g/mol. The van der Waals surface area contributed by atoms with E-state index in [1.165, 1.54) is 0 Å². The normalized spacial score (nSPS) is 10.2. The number of rotatable bonds is 3. The molecule has 2 aromatic carbocycles. The Morgan fingerprint density at radius 3 is 2.67 bits per heavy atom. The molecule has 0 spiro atoms. The Balaban J connectivity index is 2.36. The van der Waals surface area contributed by atoms with Crippen LogP contribution in [-0.4, -0.2) is 7.11 Å². The molecule has 0 amide bonds. The fourth-order valence-corrected chi connectivity index (χ4v) is 1.83. The van der Waals surface area contributed by atoms with Crippen molar-refractivity contribution in [2.75, 3.05) is 18.2 Å². The van der Waals surface area contributed by atoms with Crippen LogP contribution in [-0.2, 0) is 0 Å². The number of benzene rings is 2. The predicted octanol–water partition coefficient (Wildman–Crippen LogP) is 3.98. The smallest absolute Gasteiger partial charge is 0.121 e. The number of halogens is 1. The van der Waals surface area contributed by atoms with Crippen LogP contribution in [0.1, 0.15) is 5.56 Å². The van der Waals surface area contributed by atoms with E-state index in [2.05, 4.69) is 5.32 Å². The molecular formula is C14H15ClN2O. The van der Waals surface area contributed by atoms with Gasteiger partial charge in [-0.25, -0.2) is 0 Å². The van der Waals surface area contributed by atoms with E-state index in [4.69, 9.17) is 22.1 Å². The summed E-state index contributed by atoms with van der Waals surface area (Å²) in [5, 5.41) is 3.99. The summed E-state index contributed by atoms with van der Waals surface area (Å²) in [6, 6.07) is 11.2. The lowest BCUT2D eigenvalue weighted by Crippen LogP contribution is -1.98. The van der Waals surface area contributed by atoms with Gasteiger partial charge in [0.2, 0.25) is 0 Å². The van der Waals surface area contributed by atoms with Gasteiger partial charge in [-0.3, -0.25) is 0 Å². The zero-order valence-electron chi connectivity index (χ0n) is 10.3. The van der Waals surface area contributed by atoms with Gasteiger partial charge in [-0.1, -0.05) is 17.7 Å². The van der Waals surface area contributed by atoms with Gasteiger partial charge < -0.3 is 15.8 Å². The molecule has 0 atom stereocenters. The lowest BCUT2D eigenvalue weighted by Gasteiger charge is -2.13. The van der Waals surface area contributed by atoms with Crippen molar-refractivity contribution in [3.63, 3.8) is 0 Å². The van der Waals surface area contributed by atoms with Crippen LogP contribution in [0.15, 0.2) is 36.4 Å². The first kappa shape index (κ1) is 12.6. The molecule has 0 saturated heterocycles. The maximum Gasteiger partial charge on any atom is 0.121 e. The Bertz CT molecular complexity index is 570. The highest BCUT2D eigenvalue weighted by atomic mass is 35.5. The zero-order valence-corrected chi connectivity index (χ0v) is 11.1. The second-order valence-corrected chi connectivity index (χ2v) is 4.40. The molecule has 4 heteroatoms. The van der Waals surface area contributed by atoms with E-state index in [-0.39, 0.29) is 0 Å². The molecule has 0 unspecified atom stereocenters. The minimum atomic E-state index is 0.662. The average molecular weight is 263 g/mol. The molecule has 0 aliphatic heterocycles. The van der Waals surface area contributed by atoms with E-state index in [0.717, 1.165) is 27.7 Å². The summed E-state index contributed by atoms with van der Waals surface area (Å²) < 4.78 is 5.18. The van der Waals surface area contributed by atoms with Gasteiger partial charge in [0.15, 0.2) is 0 Å². The van der Waals surface area contributed by atoms with Gasteiger partial charge >= 0.3 is 0 Å². The van der Waals surface area contributed by atoms with Crippen LogP contribution in [0.2, 0.25) is 5.02 Å². The van der Waals surface area contributed by atoms with E-state index >= 15 is 0 Å². The molecule has 3 N–H and O–H groups in total. The van der Waals surface area contributed by atoms with Crippen molar-refractivity contribution < 1.29 is 4.74 Å². The summed E-state index contributed by atoms with van der Waals surface area (Å²) >= 11 is 6.08. The van der Waals surface area contributed by atoms with Gasteiger partial charge in [0.05, 0.1) is 18.5 Å². The standard InChI is InChI=1S/C14H15ClN2O/c1-9-11(15)4-3-5-13(9)17-14-8-10(18-2)6-7-12(14)16/h3-8,17H,16H2,1-2H3. The number of nitrogen functional groups attached to an aromatic ring is 1. The van der Waals surface area contributed by atoms with Crippen molar-refractivity contribution in [3.05, 3.63) is 47.0 Å². The quantitative estimate of drug-likeness (QED) is 0.823. The molecule has 2 aromatic rings. The SMILES string of the molecule is COc1ccc(N)c(Nc2cccc(Cl)c2C)c1. The number of methoxy groups -OCH3 is 1. The van der Waals surface area contributed by atoms with E-state index in [9.17, 15) is 0 Å². The van der Waals surface area contributed by atoms with E-state index < -0.39 is 0 Å². The number of anilines is 3. The Morgan fingerprint density at radius 2 is 1.94 bits per heavy atom. The number of ether oxygens (including phenoxy) is 1. The minimum absolute atomic E-state index is 0.662. The molecule has 0 fully saturated rings. The predicted molar refractivity (Wildman–Crippen MR) is 76.9 cm³/mol. The summed E-state index contributed by atoms with van der Waals surface area (Å²) in [5.41, 5.74) is 9.32. The van der Waals surface area contributed by atoms with E-state index in [0.29, 0.717) is 5.69 Å². The highest BCUT2D eigenvalue weighted by Crippen LogP contribution is 2.31. The molecule has 3 nitrogen and oxygen atoms in total. The molecule has 2 rings (SSSR count). The third-order valence-corrected chi connectivity index (χ3v) is 3.21. The van der Waals surface area contributed by atoms with Crippen LogP contribution in [0.3, 0.4) is 0 Å². The second-order valence-electron chi connectivity index (χ2n) is 3.99. The van der Waals surface area contributed by atoms with E-state index in [1.54, 1.807) is 13.2 Å². The fourth-order valence-electron chi connectivity index (χ4n) is 1.66. The van der Waals surface area contributed by atoms with Gasteiger partial charge in [0, 0.05) is 16.8 Å². The molecule has 0 radical (unpaired) electrons. The Morgan fingerprint density at radius 1 is 1.17 bits per heavy atom. The third kappa shape index (κ3) is 2.51. The van der Waals surface area contributed by atoms with Crippen molar-refractivity contribution in [2.24, 2.45) is 0 Å². The highest BCUT2D eigenvalue weighted by Gasteiger charge is 2.05. The van der Waals surface area contributed by atoms with Crippen LogP contribution in [0.25, 0.3) is 0 Å². The Labute approximate surface area is 112 Å². The number of hydrogen-bond donors (Lipinski definition) is 2. The summed E-state index contributed by atoms with van der Waals surface area (Å²) in [6.07, 6.45) is 0. The topological polar surface area (TPSA) is 47.3 Å². The highest BCUT2D eigenvalue weighted by molar-refractivity contribution is 6.31. The van der Waals surface area contributed by atoms with Crippen molar-refractivity contribution in [1.82, 2.24) is 0 Å². The molecule has 94 valence electrons. The third-order valence-electron chi connectivity index (χ3n) is 2.80. The lowest BCUT2D eigenvalue weighted by atomic mass is 10.2. The van der Waals surface area contributed by atoms with Gasteiger partial charge in [-0.05, 0) is 36.8 Å². The first-order chi connectivity index (χ1) is 8.61. The first-order valence-electron chi connectivity index (χ1n) is 5.57. The molecule has 0 aromatic heterocycles. The summed E-state index contributed by atoms with van der Waals surface area (Å²) in [5.74, 6) is 0.756. The van der Waals surface area contributed by atoms with Gasteiger partial charge in [0.25, 0.3) is 0 Å². The van der Waals surface area contributed by atoms with Crippen LogP contribution in [0, 0.1) is 6.92 Å². The van der Waals surface area contributed by atoms with Gasteiger partial charge in [-0.2, -0.15) is 0 Å². The Hall–Kier alpha value is -1.87. The van der Waals surface area contributed by atoms with Crippen LogP contribution in [0.5, 0.6) is 5.75 Å². The van der Waals surface area contributed by atoms with Crippen molar-refractivity contribution in [2.45, 2.75) is 6.92 Å². The minimum Gasteiger partial charge on any atom is -0.497 e. The molecule has 0 aliphatic rings. The van der Waals surface area contributed by atoms with Crippen LogP contribution in [0.4, 0.5) is 17.1 Å². The Kier molecular flexibility index (Phi) is 3.63. The fraction of sp³-hybridized carbons (Fsp3) is 0.143. The molecule has 18 heavy (non-hydrogen) atoms. The van der Waals surface area contributed by atoms with Gasteiger partial charge in [0.1, 0.15) is 5.75 Å². The lowest BCUT2D eigenvalue weighted by molar-refractivity contribution is 0.415. The monoisotopic (exact) mass is 262 g/mol. The van der Waals surface area contributed by atoms with Crippen molar-refractivity contribution in [1.29, 1.82) is 0 Å². The van der Waals surface area contributed by atoms with Crippen LogP contribution >= 0.6 is 11.6 Å². The number of nitrogens with two attached hydrogens (primary N) is 1. The number of nitrogens with one attached hydrogen (secondary N) is 1. The second kappa shape index (κ2) is 5.19. The molecule has 0 aliphatic carbocycles. The van der Waals surface area contributed by atoms with E-state index in [1.807, 2.05) is 37.3 Å². The van der Waals surface area contributed by atoms with Gasteiger partial charge in [-0.15, -0.1) is 0 Å². The maximum absolute atomic E-state index is 6.08. The molecule has 0 heterocycles. The first-order valence-corrected chi connectivity index (χ1v) is 5.95. The van der Waals surface area contributed by atoms with Crippen molar-refractivity contribution >= 4 is 28.7 Å². The molecule has 0 bridgehead atoms. The average Bonchev–Trinajstić information content (AvgIpc) is 2.37. The summed E-state index contributed by atoms with van der Waals surface area (Å²) in [7, 11) is 1.62. The summed E-state index contributed by atoms with van der Waals surface area (Å²) in [4.78, 5) is 0. The largest absolute Gasteiger partial charge is 0.497 e. The van der Waals surface area contributed by atoms with Crippen LogP contribution < -0.4 is 15.8 Å². The van der Waals surface area contributed by atoms with Crippen molar-refractivity contribution in [3.8, 4) is 5.75 Å². The molecule has 0 saturated carbocycles. The zero-order chi connectivity index (χ0) is 13.1. The number of hydrogen-bond acceptors (Lipinski definition) is 3. The maximum atomic E-state index is 6.08. The summed E-state index contributed by atoms with van der Waals surface area (Å²) in [6.45, 7) is 1.96.